The SMILES string of the molecule is O=C(O)c1ccc(CNCCNC(=O)C2CC2)nc1. The smallest absolute Gasteiger partial charge is 0.337 e. The summed E-state index contributed by atoms with van der Waals surface area (Å²) >= 11 is 0. The fourth-order valence-corrected chi connectivity index (χ4v) is 1.64. The summed E-state index contributed by atoms with van der Waals surface area (Å²) in [6, 6.07) is 3.21. The largest absolute Gasteiger partial charge is 0.478 e. The summed E-state index contributed by atoms with van der Waals surface area (Å²) in [6.45, 7) is 1.82. The summed E-state index contributed by atoms with van der Waals surface area (Å²) in [5, 5.41) is 14.7. The Balaban J connectivity index is 1.62. The maximum absolute atomic E-state index is 11.3. The van der Waals surface area contributed by atoms with Gasteiger partial charge in [-0.05, 0) is 25.0 Å². The molecule has 1 fully saturated rings. The van der Waals surface area contributed by atoms with Gasteiger partial charge in [0.05, 0.1) is 11.3 Å². The predicted molar refractivity (Wildman–Crippen MR) is 68.6 cm³/mol. The number of carbonyl (C=O) groups is 2. The van der Waals surface area contributed by atoms with E-state index in [0.717, 1.165) is 18.5 Å². The number of nitrogens with zero attached hydrogens (tertiary/aromatic N) is 1. The van der Waals surface area contributed by atoms with Crippen LogP contribution in [0, 0.1) is 5.92 Å². The lowest BCUT2D eigenvalue weighted by atomic mass is 10.2. The van der Waals surface area contributed by atoms with E-state index in [1.807, 2.05) is 0 Å². The number of carboxylic acids is 1. The molecule has 0 bridgehead atoms. The van der Waals surface area contributed by atoms with E-state index in [0.29, 0.717) is 19.6 Å². The third kappa shape index (κ3) is 4.33. The average Bonchev–Trinajstić information content (AvgIpc) is 3.23. The van der Waals surface area contributed by atoms with Crippen LogP contribution >= 0.6 is 0 Å². The highest BCUT2D eigenvalue weighted by Crippen LogP contribution is 2.28. The van der Waals surface area contributed by atoms with Gasteiger partial charge in [0, 0.05) is 31.7 Å². The number of carboxylic acid groups (broad SMARTS) is 1. The molecule has 1 heterocycles. The van der Waals surface area contributed by atoms with Crippen LogP contribution in [0.1, 0.15) is 28.9 Å². The van der Waals surface area contributed by atoms with Crippen LogP contribution in [-0.4, -0.2) is 35.1 Å². The van der Waals surface area contributed by atoms with Crippen LogP contribution in [0.2, 0.25) is 0 Å². The van der Waals surface area contributed by atoms with Gasteiger partial charge in [-0.25, -0.2) is 4.79 Å². The second-order valence-electron chi connectivity index (χ2n) is 4.59. The maximum atomic E-state index is 11.3. The van der Waals surface area contributed by atoms with Gasteiger partial charge in [0.25, 0.3) is 0 Å². The van der Waals surface area contributed by atoms with Crippen molar-refractivity contribution < 1.29 is 14.7 Å². The average molecular weight is 263 g/mol. The van der Waals surface area contributed by atoms with Crippen molar-refractivity contribution in [3.05, 3.63) is 29.6 Å². The van der Waals surface area contributed by atoms with Crippen molar-refractivity contribution in [1.82, 2.24) is 15.6 Å². The van der Waals surface area contributed by atoms with E-state index in [9.17, 15) is 9.59 Å². The summed E-state index contributed by atoms with van der Waals surface area (Å²) in [5.74, 6) is -0.592. The van der Waals surface area contributed by atoms with Gasteiger partial charge in [0.1, 0.15) is 0 Å². The molecule has 0 unspecified atom stereocenters. The van der Waals surface area contributed by atoms with Crippen molar-refractivity contribution in [2.75, 3.05) is 13.1 Å². The van der Waals surface area contributed by atoms with Crippen molar-refractivity contribution >= 4 is 11.9 Å². The van der Waals surface area contributed by atoms with E-state index in [2.05, 4.69) is 15.6 Å². The number of aromatic nitrogens is 1. The standard InChI is InChI=1S/C13H17N3O3/c17-12(9-1-2-9)15-6-5-14-8-11-4-3-10(7-16-11)13(18)19/h3-4,7,9,14H,1-2,5-6,8H2,(H,15,17)(H,18,19). The van der Waals surface area contributed by atoms with Gasteiger partial charge in [-0.2, -0.15) is 0 Å². The molecule has 0 atom stereocenters. The first-order chi connectivity index (χ1) is 9.16. The Bertz CT molecular complexity index is 455. The predicted octanol–water partition coefficient (Wildman–Crippen LogP) is 0.396. The van der Waals surface area contributed by atoms with Crippen molar-refractivity contribution in [2.45, 2.75) is 19.4 Å². The van der Waals surface area contributed by atoms with Crippen LogP contribution in [0.4, 0.5) is 0 Å². The summed E-state index contributed by atoms with van der Waals surface area (Å²) in [5.41, 5.74) is 0.957. The molecule has 0 aliphatic heterocycles. The van der Waals surface area contributed by atoms with Gasteiger partial charge >= 0.3 is 5.97 Å². The second-order valence-corrected chi connectivity index (χ2v) is 4.59. The zero-order valence-corrected chi connectivity index (χ0v) is 10.6. The van der Waals surface area contributed by atoms with Crippen LogP contribution in [0.3, 0.4) is 0 Å². The minimum absolute atomic E-state index is 0.144. The Hall–Kier alpha value is -1.95. The molecule has 2 rings (SSSR count). The first kappa shape index (κ1) is 13.5. The van der Waals surface area contributed by atoms with Crippen molar-refractivity contribution in [3.63, 3.8) is 0 Å². The lowest BCUT2D eigenvalue weighted by molar-refractivity contribution is -0.122. The third-order valence-corrected chi connectivity index (χ3v) is 2.93. The topological polar surface area (TPSA) is 91.3 Å². The number of nitrogens with one attached hydrogen (secondary N) is 2. The lowest BCUT2D eigenvalue weighted by Gasteiger charge is -2.06. The molecule has 0 aromatic carbocycles. The van der Waals surface area contributed by atoms with Gasteiger partial charge in [-0.3, -0.25) is 9.78 Å². The highest BCUT2D eigenvalue weighted by atomic mass is 16.4. The zero-order chi connectivity index (χ0) is 13.7. The molecule has 6 heteroatoms. The number of hydrogen-bond donors (Lipinski definition) is 3. The van der Waals surface area contributed by atoms with Gasteiger partial charge in [0.15, 0.2) is 0 Å². The highest BCUT2D eigenvalue weighted by Gasteiger charge is 2.28. The second kappa shape index (κ2) is 6.29. The molecule has 1 aliphatic carbocycles. The normalized spacial score (nSPS) is 14.1. The molecule has 0 radical (unpaired) electrons. The number of hydrogen-bond acceptors (Lipinski definition) is 4. The fourth-order valence-electron chi connectivity index (χ4n) is 1.64. The Labute approximate surface area is 111 Å². The minimum Gasteiger partial charge on any atom is -0.478 e. The fraction of sp³-hybridized carbons (Fsp3) is 0.462. The van der Waals surface area contributed by atoms with Crippen LogP contribution in [0.5, 0.6) is 0 Å². The number of carbonyl (C=O) groups excluding carboxylic acids is 1. The molecule has 1 aliphatic rings. The van der Waals surface area contributed by atoms with E-state index >= 15 is 0 Å². The number of aromatic carboxylic acids is 1. The molecule has 1 aromatic heterocycles. The molecule has 3 N–H and O–H groups in total. The van der Waals surface area contributed by atoms with E-state index < -0.39 is 5.97 Å². The molecule has 6 nitrogen and oxygen atoms in total. The molecule has 0 saturated heterocycles. The molecule has 19 heavy (non-hydrogen) atoms. The van der Waals surface area contributed by atoms with Gasteiger partial charge in [-0.1, -0.05) is 0 Å². The van der Waals surface area contributed by atoms with Crippen LogP contribution < -0.4 is 10.6 Å². The molecule has 1 saturated carbocycles. The van der Waals surface area contributed by atoms with Gasteiger partial charge < -0.3 is 15.7 Å². The molecule has 0 spiro atoms. The first-order valence-corrected chi connectivity index (χ1v) is 6.33. The zero-order valence-electron chi connectivity index (χ0n) is 10.6. The van der Waals surface area contributed by atoms with E-state index in [4.69, 9.17) is 5.11 Å². The highest BCUT2D eigenvalue weighted by molar-refractivity contribution is 5.87. The van der Waals surface area contributed by atoms with Crippen molar-refractivity contribution in [3.8, 4) is 0 Å². The van der Waals surface area contributed by atoms with Crippen LogP contribution in [0.15, 0.2) is 18.3 Å². The lowest BCUT2D eigenvalue weighted by Crippen LogP contribution is -2.32. The van der Waals surface area contributed by atoms with Gasteiger partial charge in [-0.15, -0.1) is 0 Å². The van der Waals surface area contributed by atoms with E-state index in [-0.39, 0.29) is 17.4 Å². The molecule has 1 aromatic rings. The Morgan fingerprint density at radius 3 is 2.68 bits per heavy atom. The number of amides is 1. The minimum atomic E-state index is -0.977. The number of pyridine rings is 1. The molecule has 102 valence electrons. The van der Waals surface area contributed by atoms with E-state index in [1.54, 1.807) is 6.07 Å². The van der Waals surface area contributed by atoms with E-state index in [1.165, 1.54) is 12.3 Å². The Morgan fingerprint density at radius 2 is 2.11 bits per heavy atom. The Kier molecular flexibility index (Phi) is 4.46. The summed E-state index contributed by atoms with van der Waals surface area (Å²) in [6.07, 6.45) is 3.37. The summed E-state index contributed by atoms with van der Waals surface area (Å²) in [4.78, 5) is 26.0. The molecular formula is C13H17N3O3. The van der Waals surface area contributed by atoms with Crippen LogP contribution in [0.25, 0.3) is 0 Å². The number of rotatable bonds is 7. The molecule has 1 amide bonds. The van der Waals surface area contributed by atoms with Crippen LogP contribution in [-0.2, 0) is 11.3 Å². The Morgan fingerprint density at radius 1 is 1.32 bits per heavy atom. The molecular weight excluding hydrogens is 246 g/mol. The summed E-state index contributed by atoms with van der Waals surface area (Å²) in [7, 11) is 0. The third-order valence-electron chi connectivity index (χ3n) is 2.93. The quantitative estimate of drug-likeness (QED) is 0.619. The summed E-state index contributed by atoms with van der Waals surface area (Å²) < 4.78 is 0. The van der Waals surface area contributed by atoms with Gasteiger partial charge in [0.2, 0.25) is 5.91 Å². The van der Waals surface area contributed by atoms with Crippen molar-refractivity contribution in [1.29, 1.82) is 0 Å². The van der Waals surface area contributed by atoms with Crippen molar-refractivity contribution in [2.24, 2.45) is 5.92 Å². The maximum Gasteiger partial charge on any atom is 0.337 e. The monoisotopic (exact) mass is 263 g/mol. The first-order valence-electron chi connectivity index (χ1n) is 6.33.